The first-order valence-corrected chi connectivity index (χ1v) is 5.46. The van der Waals surface area contributed by atoms with Crippen LogP contribution in [0.2, 0.25) is 0 Å². The molecule has 1 amide bonds. The van der Waals surface area contributed by atoms with Crippen LogP contribution in [0, 0.1) is 6.54 Å². The predicted molar refractivity (Wildman–Crippen MR) is 61.6 cm³/mol. The molecule has 1 heterocycles. The van der Waals surface area contributed by atoms with Crippen LogP contribution in [0.15, 0.2) is 24.5 Å². The van der Waals surface area contributed by atoms with E-state index in [0.29, 0.717) is 13.0 Å². The lowest BCUT2D eigenvalue weighted by Crippen LogP contribution is -2.22. The molecule has 0 spiro atoms. The Kier molecular flexibility index (Phi) is 5.99. The van der Waals surface area contributed by atoms with Gasteiger partial charge >= 0.3 is 6.09 Å². The maximum absolute atomic E-state index is 11.1. The van der Waals surface area contributed by atoms with Crippen molar-refractivity contribution in [1.29, 1.82) is 0 Å². The molecule has 1 radical (unpaired) electrons. The summed E-state index contributed by atoms with van der Waals surface area (Å²) in [6, 6.07) is 3.82. The molecule has 0 atom stereocenters. The summed E-state index contributed by atoms with van der Waals surface area (Å²) in [4.78, 5) is 15.1. The number of ether oxygens (including phenoxy) is 1. The molecule has 0 fully saturated rings. The number of rotatable bonds is 6. The van der Waals surface area contributed by atoms with Gasteiger partial charge in [-0.1, -0.05) is 19.4 Å². The maximum atomic E-state index is 11.1. The van der Waals surface area contributed by atoms with Crippen molar-refractivity contribution >= 4 is 6.09 Å². The molecule has 0 aliphatic heterocycles. The fraction of sp³-hybridized carbons (Fsp3) is 0.417. The normalized spacial score (nSPS) is 9.81. The van der Waals surface area contributed by atoms with Crippen molar-refractivity contribution in [2.24, 2.45) is 0 Å². The van der Waals surface area contributed by atoms with Gasteiger partial charge in [0.15, 0.2) is 0 Å². The first-order valence-electron chi connectivity index (χ1n) is 5.46. The van der Waals surface area contributed by atoms with E-state index < -0.39 is 6.09 Å². The Morgan fingerprint density at radius 1 is 1.62 bits per heavy atom. The summed E-state index contributed by atoms with van der Waals surface area (Å²) in [7, 11) is 0. The van der Waals surface area contributed by atoms with Crippen LogP contribution in [0.25, 0.3) is 0 Å². The highest BCUT2D eigenvalue weighted by Gasteiger charge is 2.00. The second-order valence-corrected chi connectivity index (χ2v) is 3.40. The number of unbranched alkanes of at least 4 members (excludes halogenated alkanes) is 1. The number of nitrogens with one attached hydrogen (secondary N) is 1. The van der Waals surface area contributed by atoms with E-state index in [1.165, 1.54) is 0 Å². The molecule has 0 bridgehead atoms. The van der Waals surface area contributed by atoms with Crippen LogP contribution in [0.5, 0.6) is 0 Å². The molecule has 4 nitrogen and oxygen atoms in total. The van der Waals surface area contributed by atoms with E-state index in [-0.39, 0.29) is 0 Å². The summed E-state index contributed by atoms with van der Waals surface area (Å²) in [6.07, 6.45) is 5.66. The molecule has 16 heavy (non-hydrogen) atoms. The van der Waals surface area contributed by atoms with Gasteiger partial charge in [0, 0.05) is 12.4 Å². The zero-order chi connectivity index (χ0) is 11.6. The summed E-state index contributed by atoms with van der Waals surface area (Å²) < 4.78 is 4.92. The van der Waals surface area contributed by atoms with Crippen molar-refractivity contribution in [3.05, 3.63) is 36.6 Å². The minimum atomic E-state index is -0.391. The highest BCUT2D eigenvalue weighted by atomic mass is 16.5. The van der Waals surface area contributed by atoms with Crippen LogP contribution < -0.4 is 5.32 Å². The molecule has 87 valence electrons. The second kappa shape index (κ2) is 7.68. The molecule has 0 unspecified atom stereocenters. The van der Waals surface area contributed by atoms with E-state index in [9.17, 15) is 4.79 Å². The summed E-state index contributed by atoms with van der Waals surface area (Å²) in [5.74, 6) is 0. The third-order valence-electron chi connectivity index (χ3n) is 2.01. The Morgan fingerprint density at radius 3 is 3.19 bits per heavy atom. The van der Waals surface area contributed by atoms with Gasteiger partial charge in [0.05, 0.1) is 13.2 Å². The Hall–Kier alpha value is -1.58. The molecule has 1 aromatic rings. The van der Waals surface area contributed by atoms with E-state index in [0.717, 1.165) is 18.4 Å². The van der Waals surface area contributed by atoms with Crippen LogP contribution in [0.3, 0.4) is 0 Å². The van der Waals surface area contributed by atoms with Gasteiger partial charge in [-0.3, -0.25) is 4.98 Å². The molecule has 4 heteroatoms. The summed E-state index contributed by atoms with van der Waals surface area (Å²) in [5.41, 5.74) is 1.05. The highest BCUT2D eigenvalue weighted by Crippen LogP contribution is 1.98. The van der Waals surface area contributed by atoms with Gasteiger partial charge in [0.25, 0.3) is 0 Å². The summed E-state index contributed by atoms with van der Waals surface area (Å²) >= 11 is 0. The maximum Gasteiger partial charge on any atom is 0.407 e. The molecule has 0 saturated carbocycles. The number of hydrogen-bond acceptors (Lipinski definition) is 3. The molecule has 0 saturated heterocycles. The summed E-state index contributed by atoms with van der Waals surface area (Å²) in [5, 5.41) is 2.58. The van der Waals surface area contributed by atoms with E-state index in [1.54, 1.807) is 18.9 Å². The highest BCUT2D eigenvalue weighted by molar-refractivity contribution is 5.67. The third kappa shape index (κ3) is 5.34. The van der Waals surface area contributed by atoms with Gasteiger partial charge < -0.3 is 10.1 Å². The van der Waals surface area contributed by atoms with Gasteiger partial charge in [-0.15, -0.1) is 0 Å². The lowest BCUT2D eigenvalue weighted by atomic mass is 10.2. The van der Waals surface area contributed by atoms with Crippen LogP contribution in [0.1, 0.15) is 25.3 Å². The molecular weight excluding hydrogens is 204 g/mol. The van der Waals surface area contributed by atoms with Crippen LogP contribution in [0.4, 0.5) is 4.79 Å². The van der Waals surface area contributed by atoms with E-state index >= 15 is 0 Å². The average Bonchev–Trinajstić information content (AvgIpc) is 2.31. The minimum Gasteiger partial charge on any atom is -0.450 e. The van der Waals surface area contributed by atoms with Crippen molar-refractivity contribution < 1.29 is 9.53 Å². The lowest BCUT2D eigenvalue weighted by Gasteiger charge is -2.05. The van der Waals surface area contributed by atoms with E-state index in [2.05, 4.69) is 17.2 Å². The number of aromatic nitrogens is 1. The van der Waals surface area contributed by atoms with E-state index in [4.69, 9.17) is 4.74 Å². The number of amides is 1. The molecule has 1 rings (SSSR count). The van der Waals surface area contributed by atoms with Gasteiger partial charge in [0.1, 0.15) is 0 Å². The Morgan fingerprint density at radius 2 is 2.50 bits per heavy atom. The Bertz CT molecular complexity index is 301. The third-order valence-corrected chi connectivity index (χ3v) is 2.01. The monoisotopic (exact) mass is 221 g/mol. The smallest absolute Gasteiger partial charge is 0.407 e. The van der Waals surface area contributed by atoms with Crippen molar-refractivity contribution in [2.45, 2.75) is 26.2 Å². The first kappa shape index (κ1) is 12.5. The van der Waals surface area contributed by atoms with Crippen molar-refractivity contribution in [1.82, 2.24) is 10.3 Å². The molecule has 0 aliphatic rings. The van der Waals surface area contributed by atoms with Crippen LogP contribution in [-0.2, 0) is 11.2 Å². The largest absolute Gasteiger partial charge is 0.450 e. The number of nitrogens with zero attached hydrogens (tertiary/aromatic N) is 1. The number of hydrogen-bond donors (Lipinski definition) is 1. The number of pyridine rings is 1. The molecule has 1 N–H and O–H groups in total. The van der Waals surface area contributed by atoms with Crippen molar-refractivity contribution in [2.75, 3.05) is 6.61 Å². The van der Waals surface area contributed by atoms with Gasteiger partial charge in [0.2, 0.25) is 0 Å². The SMILES string of the molecule is CCCCOC(=O)N[CH]Cc1cccnc1. The van der Waals surface area contributed by atoms with Crippen molar-refractivity contribution in [3.8, 4) is 0 Å². The van der Waals surface area contributed by atoms with Gasteiger partial charge in [-0.05, 0) is 24.5 Å². The standard InChI is InChI=1S/C12H17N2O2/c1-2-3-9-16-12(15)14-8-6-11-5-4-7-13-10-11/h4-5,7-8,10H,2-3,6,9H2,1H3,(H,14,15). The van der Waals surface area contributed by atoms with E-state index in [1.807, 2.05) is 12.1 Å². The fourth-order valence-corrected chi connectivity index (χ4v) is 1.12. The molecular formula is C12H17N2O2. The Labute approximate surface area is 96.0 Å². The van der Waals surface area contributed by atoms with Crippen molar-refractivity contribution in [3.63, 3.8) is 0 Å². The van der Waals surface area contributed by atoms with Crippen LogP contribution >= 0.6 is 0 Å². The molecule has 1 aromatic heterocycles. The predicted octanol–water partition coefficient (Wildman–Crippen LogP) is 2.31. The zero-order valence-corrected chi connectivity index (χ0v) is 9.48. The minimum absolute atomic E-state index is 0.391. The Balaban J connectivity index is 2.09. The number of carbonyl (C=O) groups excluding carboxylic acids is 1. The lowest BCUT2D eigenvalue weighted by molar-refractivity contribution is 0.147. The van der Waals surface area contributed by atoms with Gasteiger partial charge in [-0.25, -0.2) is 4.79 Å². The molecule has 0 aromatic carbocycles. The fourth-order valence-electron chi connectivity index (χ4n) is 1.12. The quantitative estimate of drug-likeness (QED) is 0.750. The average molecular weight is 221 g/mol. The number of carbonyl (C=O) groups is 1. The first-order chi connectivity index (χ1) is 7.83. The number of alkyl carbamates (subject to hydrolysis) is 1. The topological polar surface area (TPSA) is 51.2 Å². The summed E-state index contributed by atoms with van der Waals surface area (Å²) in [6.45, 7) is 4.20. The van der Waals surface area contributed by atoms with Crippen LogP contribution in [-0.4, -0.2) is 17.7 Å². The second-order valence-electron chi connectivity index (χ2n) is 3.40. The molecule has 0 aliphatic carbocycles. The zero-order valence-electron chi connectivity index (χ0n) is 9.48. The van der Waals surface area contributed by atoms with Gasteiger partial charge in [-0.2, -0.15) is 0 Å².